The Labute approximate surface area is 173 Å². The monoisotopic (exact) mass is 406 g/mol. The summed E-state index contributed by atoms with van der Waals surface area (Å²) in [5.41, 5.74) is 2.01. The van der Waals surface area contributed by atoms with Gasteiger partial charge in [0.15, 0.2) is 10.8 Å². The lowest BCUT2D eigenvalue weighted by Gasteiger charge is -2.09. The van der Waals surface area contributed by atoms with Crippen LogP contribution in [0.2, 0.25) is 0 Å². The van der Waals surface area contributed by atoms with Crippen LogP contribution in [0.1, 0.15) is 24.7 Å². The van der Waals surface area contributed by atoms with Crippen molar-refractivity contribution in [2.24, 2.45) is 0 Å². The maximum Gasteiger partial charge on any atom is 0.220 e. The minimum Gasteiger partial charge on any atom is -0.494 e. The van der Waals surface area contributed by atoms with Crippen molar-refractivity contribution < 1.29 is 13.9 Å². The first kappa shape index (κ1) is 19.2. The van der Waals surface area contributed by atoms with Gasteiger partial charge in [-0.2, -0.15) is 0 Å². The number of hydrogen-bond acceptors (Lipinski definition) is 5. The molecule has 1 amide bonds. The number of benzene rings is 2. The van der Waals surface area contributed by atoms with E-state index in [2.05, 4.69) is 10.3 Å². The number of thiazole rings is 1. The smallest absolute Gasteiger partial charge is 0.220 e. The molecule has 0 unspecified atom stereocenters. The topological polar surface area (TPSA) is 64.4 Å². The van der Waals surface area contributed by atoms with Crippen LogP contribution in [0.5, 0.6) is 5.75 Å². The molecule has 0 bridgehead atoms. The van der Waals surface area contributed by atoms with E-state index in [4.69, 9.17) is 9.15 Å². The molecule has 2 aromatic carbocycles. The average Bonchev–Trinajstić information content (AvgIpc) is 3.38. The van der Waals surface area contributed by atoms with Gasteiger partial charge in [-0.25, -0.2) is 4.98 Å². The molecule has 29 heavy (non-hydrogen) atoms. The highest BCUT2D eigenvalue weighted by atomic mass is 32.1. The maximum absolute atomic E-state index is 12.2. The van der Waals surface area contributed by atoms with Crippen LogP contribution in [0.15, 0.2) is 65.1 Å². The van der Waals surface area contributed by atoms with E-state index >= 15 is 0 Å². The first-order chi connectivity index (χ1) is 14.2. The van der Waals surface area contributed by atoms with Crippen molar-refractivity contribution in [1.82, 2.24) is 10.3 Å². The van der Waals surface area contributed by atoms with Gasteiger partial charge >= 0.3 is 0 Å². The number of aromatic nitrogens is 1. The number of carbonyl (C=O) groups is 1. The van der Waals surface area contributed by atoms with E-state index < -0.39 is 0 Å². The number of fused-ring (bicyclic) bond motifs is 1. The number of furan rings is 1. The Bertz CT molecular complexity index is 1080. The summed E-state index contributed by atoms with van der Waals surface area (Å²) in [5.74, 6) is 2.26. The summed E-state index contributed by atoms with van der Waals surface area (Å²) in [6.45, 7) is 2.92. The molecule has 0 atom stereocenters. The Morgan fingerprint density at radius 3 is 2.79 bits per heavy atom. The van der Waals surface area contributed by atoms with E-state index in [0.29, 0.717) is 31.8 Å². The van der Waals surface area contributed by atoms with E-state index in [1.54, 1.807) is 11.3 Å². The lowest BCUT2D eigenvalue weighted by Crippen LogP contribution is -2.22. The van der Waals surface area contributed by atoms with Crippen LogP contribution in [0.3, 0.4) is 0 Å². The largest absolute Gasteiger partial charge is 0.494 e. The van der Waals surface area contributed by atoms with Crippen molar-refractivity contribution >= 4 is 27.5 Å². The lowest BCUT2D eigenvalue weighted by atomic mass is 10.1. The predicted molar refractivity (Wildman–Crippen MR) is 115 cm³/mol. The Kier molecular flexibility index (Phi) is 5.91. The lowest BCUT2D eigenvalue weighted by molar-refractivity contribution is -0.121. The molecule has 0 spiro atoms. The second kappa shape index (κ2) is 8.92. The number of rotatable bonds is 8. The fraction of sp³-hybridized carbons (Fsp3) is 0.217. The van der Waals surface area contributed by atoms with Gasteiger partial charge in [-0.3, -0.25) is 4.79 Å². The van der Waals surface area contributed by atoms with Crippen LogP contribution < -0.4 is 10.1 Å². The van der Waals surface area contributed by atoms with E-state index in [-0.39, 0.29) is 5.91 Å². The minimum atomic E-state index is -0.0192. The summed E-state index contributed by atoms with van der Waals surface area (Å²) in [7, 11) is 0. The molecule has 4 aromatic rings. The Morgan fingerprint density at radius 1 is 1.10 bits per heavy atom. The zero-order valence-corrected chi connectivity index (χ0v) is 17.0. The minimum absolute atomic E-state index is 0.0192. The summed E-state index contributed by atoms with van der Waals surface area (Å²) in [5, 5.41) is 3.77. The summed E-state index contributed by atoms with van der Waals surface area (Å²) >= 11 is 1.60. The number of nitrogens with one attached hydrogen (secondary N) is 1. The summed E-state index contributed by atoms with van der Waals surface area (Å²) in [4.78, 5) is 16.9. The van der Waals surface area contributed by atoms with Gasteiger partial charge in [0, 0.05) is 6.42 Å². The van der Waals surface area contributed by atoms with Crippen LogP contribution in [0.25, 0.3) is 21.0 Å². The Balaban J connectivity index is 1.32. The molecule has 2 heterocycles. The molecular formula is C23H22N2O3S. The second-order valence-corrected chi connectivity index (χ2v) is 7.60. The maximum atomic E-state index is 12.2. The summed E-state index contributed by atoms with van der Waals surface area (Å²) in [6, 6.07) is 19.6. The molecule has 0 radical (unpaired) electrons. The molecule has 148 valence electrons. The highest BCUT2D eigenvalue weighted by molar-refractivity contribution is 7.21. The van der Waals surface area contributed by atoms with Gasteiger partial charge in [0.25, 0.3) is 0 Å². The number of carbonyl (C=O) groups excluding carboxylic acids is 1. The standard InChI is InChI=1S/C23H22N2O3S/c1-2-27-19-9-5-3-7-16(19)11-14-22(26)24-15-17-12-13-20(28-17)23-25-18-8-4-6-10-21(18)29-23/h3-10,12-13H,2,11,14-15H2,1H3,(H,24,26). The van der Waals surface area contributed by atoms with E-state index in [0.717, 1.165) is 32.3 Å². The van der Waals surface area contributed by atoms with Gasteiger partial charge in [0.2, 0.25) is 5.91 Å². The molecule has 0 aliphatic carbocycles. The highest BCUT2D eigenvalue weighted by Gasteiger charge is 2.12. The SMILES string of the molecule is CCOc1ccccc1CCC(=O)NCc1ccc(-c2nc3ccccc3s2)o1. The molecule has 0 fully saturated rings. The van der Waals surface area contributed by atoms with Crippen molar-refractivity contribution in [3.8, 4) is 16.5 Å². The van der Waals surface area contributed by atoms with Crippen LogP contribution in [0, 0.1) is 0 Å². The Morgan fingerprint density at radius 2 is 1.93 bits per heavy atom. The molecule has 0 saturated heterocycles. The molecule has 0 aliphatic heterocycles. The number of para-hydroxylation sites is 2. The fourth-order valence-electron chi connectivity index (χ4n) is 3.09. The van der Waals surface area contributed by atoms with Gasteiger partial charge < -0.3 is 14.5 Å². The third-order valence-electron chi connectivity index (χ3n) is 4.52. The van der Waals surface area contributed by atoms with Gasteiger partial charge in [-0.15, -0.1) is 11.3 Å². The zero-order valence-electron chi connectivity index (χ0n) is 16.2. The molecule has 0 saturated carbocycles. The Hall–Kier alpha value is -3.12. The van der Waals surface area contributed by atoms with Crippen molar-refractivity contribution in [2.45, 2.75) is 26.3 Å². The summed E-state index contributed by atoms with van der Waals surface area (Å²) in [6.07, 6.45) is 1.03. The van der Waals surface area contributed by atoms with Crippen LogP contribution in [-0.2, 0) is 17.8 Å². The van der Waals surface area contributed by atoms with Crippen LogP contribution >= 0.6 is 11.3 Å². The molecule has 5 nitrogen and oxygen atoms in total. The van der Waals surface area contributed by atoms with Crippen molar-refractivity contribution in [2.75, 3.05) is 6.61 Å². The molecule has 1 N–H and O–H groups in total. The number of aryl methyl sites for hydroxylation is 1. The third-order valence-corrected chi connectivity index (χ3v) is 5.57. The van der Waals surface area contributed by atoms with Crippen molar-refractivity contribution in [3.63, 3.8) is 0 Å². The first-order valence-corrected chi connectivity index (χ1v) is 10.5. The number of amides is 1. The third kappa shape index (κ3) is 4.66. The predicted octanol–water partition coefficient (Wildman–Crippen LogP) is 5.20. The van der Waals surface area contributed by atoms with E-state index in [9.17, 15) is 4.79 Å². The van der Waals surface area contributed by atoms with E-state index in [1.807, 2.05) is 67.6 Å². The van der Waals surface area contributed by atoms with Gasteiger partial charge in [-0.1, -0.05) is 30.3 Å². The quantitative estimate of drug-likeness (QED) is 0.437. The number of nitrogens with zero attached hydrogens (tertiary/aromatic N) is 1. The fourth-order valence-corrected chi connectivity index (χ4v) is 4.02. The first-order valence-electron chi connectivity index (χ1n) is 9.65. The van der Waals surface area contributed by atoms with Gasteiger partial charge in [-0.05, 0) is 49.2 Å². The van der Waals surface area contributed by atoms with Crippen LogP contribution in [0.4, 0.5) is 0 Å². The van der Waals surface area contributed by atoms with E-state index in [1.165, 1.54) is 0 Å². The average molecular weight is 407 g/mol. The summed E-state index contributed by atoms with van der Waals surface area (Å²) < 4.78 is 12.6. The number of hydrogen-bond donors (Lipinski definition) is 1. The molecule has 0 aliphatic rings. The molecule has 6 heteroatoms. The van der Waals surface area contributed by atoms with Crippen molar-refractivity contribution in [3.05, 3.63) is 72.0 Å². The normalized spacial score (nSPS) is 10.9. The van der Waals surface area contributed by atoms with Crippen LogP contribution in [-0.4, -0.2) is 17.5 Å². The second-order valence-electron chi connectivity index (χ2n) is 6.57. The zero-order chi connectivity index (χ0) is 20.1. The highest BCUT2D eigenvalue weighted by Crippen LogP contribution is 2.31. The van der Waals surface area contributed by atoms with Gasteiger partial charge in [0.05, 0.1) is 23.4 Å². The number of ether oxygens (including phenoxy) is 1. The van der Waals surface area contributed by atoms with Crippen molar-refractivity contribution in [1.29, 1.82) is 0 Å². The molecule has 2 aromatic heterocycles. The molecular weight excluding hydrogens is 384 g/mol. The van der Waals surface area contributed by atoms with Gasteiger partial charge in [0.1, 0.15) is 11.5 Å². The molecule has 4 rings (SSSR count).